The Kier molecular flexibility index (Phi) is 4.45. The van der Waals surface area contributed by atoms with Gasteiger partial charge in [0.1, 0.15) is 5.84 Å². The molecule has 0 bridgehead atoms. The number of nitrogens with zero attached hydrogens (tertiary/aromatic N) is 2. The Morgan fingerprint density at radius 2 is 1.65 bits per heavy atom. The molecular formula is C22H28N4. The SMILES string of the molecule is Cc1cc2c(cc1C)NC1(CCN(C)CC1)C(=NCc1ccccc1)N2. The molecule has 2 aliphatic rings. The number of aryl methyl sites for hydroxylation is 2. The van der Waals surface area contributed by atoms with Gasteiger partial charge in [-0.05, 0) is 62.6 Å². The molecule has 1 saturated heterocycles. The first kappa shape index (κ1) is 17.1. The van der Waals surface area contributed by atoms with Crippen molar-refractivity contribution in [3.8, 4) is 0 Å². The Balaban J connectivity index is 1.70. The van der Waals surface area contributed by atoms with Crippen LogP contribution in [0.3, 0.4) is 0 Å². The normalized spacial score (nSPS) is 20.5. The maximum Gasteiger partial charge on any atom is 0.127 e. The van der Waals surface area contributed by atoms with Gasteiger partial charge in [0.15, 0.2) is 0 Å². The van der Waals surface area contributed by atoms with E-state index in [9.17, 15) is 0 Å². The summed E-state index contributed by atoms with van der Waals surface area (Å²) in [7, 11) is 2.20. The van der Waals surface area contributed by atoms with Crippen molar-refractivity contribution in [3.05, 3.63) is 59.2 Å². The number of aliphatic imine (C=N–C) groups is 1. The summed E-state index contributed by atoms with van der Waals surface area (Å²) in [6, 6.07) is 15.0. The van der Waals surface area contributed by atoms with Gasteiger partial charge in [0, 0.05) is 13.1 Å². The van der Waals surface area contributed by atoms with Crippen LogP contribution in [0.25, 0.3) is 0 Å². The topological polar surface area (TPSA) is 39.7 Å². The van der Waals surface area contributed by atoms with E-state index in [1.54, 1.807) is 0 Å². The van der Waals surface area contributed by atoms with Crippen molar-refractivity contribution >= 4 is 17.2 Å². The van der Waals surface area contributed by atoms with Crippen LogP contribution in [0.2, 0.25) is 0 Å². The Morgan fingerprint density at radius 3 is 2.35 bits per heavy atom. The molecule has 136 valence electrons. The van der Waals surface area contributed by atoms with Crippen molar-refractivity contribution in [2.24, 2.45) is 4.99 Å². The van der Waals surface area contributed by atoms with Gasteiger partial charge in [-0.2, -0.15) is 0 Å². The van der Waals surface area contributed by atoms with Crippen LogP contribution in [-0.4, -0.2) is 36.4 Å². The van der Waals surface area contributed by atoms with E-state index in [4.69, 9.17) is 4.99 Å². The number of likely N-dealkylation sites (tertiary alicyclic amines) is 1. The third-order valence-corrected chi connectivity index (χ3v) is 5.82. The fraction of sp³-hybridized carbons (Fsp3) is 0.409. The summed E-state index contributed by atoms with van der Waals surface area (Å²) >= 11 is 0. The first-order valence-electron chi connectivity index (χ1n) is 9.50. The zero-order valence-corrected chi connectivity index (χ0v) is 16.0. The zero-order chi connectivity index (χ0) is 18.1. The fourth-order valence-electron chi connectivity index (χ4n) is 3.89. The Morgan fingerprint density at radius 1 is 1.00 bits per heavy atom. The average molecular weight is 348 g/mol. The standard InChI is InChI=1S/C22H28N4/c1-16-13-19-20(14-17(16)2)25-22(9-11-26(3)12-10-22)21(24-19)23-15-18-7-5-4-6-8-18/h4-8,13-14,25H,9-12,15H2,1-3H3,(H,23,24). The van der Waals surface area contributed by atoms with Crippen LogP contribution in [0.15, 0.2) is 47.5 Å². The van der Waals surface area contributed by atoms with Gasteiger partial charge in [-0.25, -0.2) is 0 Å². The molecular weight excluding hydrogens is 320 g/mol. The van der Waals surface area contributed by atoms with E-state index in [0.717, 1.165) is 37.5 Å². The molecule has 0 aliphatic carbocycles. The highest BCUT2D eigenvalue weighted by molar-refractivity contribution is 6.09. The van der Waals surface area contributed by atoms with Gasteiger partial charge >= 0.3 is 0 Å². The van der Waals surface area contributed by atoms with Gasteiger partial charge in [-0.15, -0.1) is 0 Å². The molecule has 0 aromatic heterocycles. The summed E-state index contributed by atoms with van der Waals surface area (Å²) in [5.74, 6) is 1.09. The second kappa shape index (κ2) is 6.76. The van der Waals surface area contributed by atoms with Crippen LogP contribution in [0.4, 0.5) is 11.4 Å². The minimum absolute atomic E-state index is 0.0873. The summed E-state index contributed by atoms with van der Waals surface area (Å²) in [4.78, 5) is 7.43. The second-order valence-corrected chi connectivity index (χ2v) is 7.77. The molecule has 26 heavy (non-hydrogen) atoms. The number of piperidine rings is 1. The number of fused-ring (bicyclic) bond motifs is 1. The summed E-state index contributed by atoms with van der Waals surface area (Å²) in [5, 5.41) is 7.55. The quantitative estimate of drug-likeness (QED) is 0.854. The Bertz CT molecular complexity index is 818. The van der Waals surface area contributed by atoms with Crippen LogP contribution in [0.5, 0.6) is 0 Å². The van der Waals surface area contributed by atoms with Gasteiger partial charge in [0.05, 0.1) is 23.5 Å². The van der Waals surface area contributed by atoms with Crippen LogP contribution >= 0.6 is 0 Å². The molecule has 0 unspecified atom stereocenters. The third kappa shape index (κ3) is 3.21. The van der Waals surface area contributed by atoms with Crippen molar-refractivity contribution in [1.29, 1.82) is 0 Å². The van der Waals surface area contributed by atoms with E-state index >= 15 is 0 Å². The van der Waals surface area contributed by atoms with E-state index in [1.165, 1.54) is 22.4 Å². The summed E-state index contributed by atoms with van der Waals surface area (Å²) < 4.78 is 0. The Labute approximate surface area is 156 Å². The number of nitrogens with one attached hydrogen (secondary N) is 2. The van der Waals surface area contributed by atoms with Gasteiger partial charge in [-0.3, -0.25) is 4.99 Å². The van der Waals surface area contributed by atoms with Crippen LogP contribution < -0.4 is 10.6 Å². The van der Waals surface area contributed by atoms with Gasteiger partial charge in [0.2, 0.25) is 0 Å². The maximum absolute atomic E-state index is 5.03. The molecule has 2 aromatic rings. The van der Waals surface area contributed by atoms with Crippen LogP contribution in [-0.2, 0) is 6.54 Å². The molecule has 4 nitrogen and oxygen atoms in total. The molecule has 1 fully saturated rings. The monoisotopic (exact) mass is 348 g/mol. The van der Waals surface area contributed by atoms with Crippen molar-refractivity contribution in [3.63, 3.8) is 0 Å². The number of anilines is 2. The van der Waals surface area contributed by atoms with E-state index in [-0.39, 0.29) is 5.54 Å². The molecule has 0 amide bonds. The lowest BCUT2D eigenvalue weighted by atomic mass is 9.83. The smallest absolute Gasteiger partial charge is 0.127 e. The van der Waals surface area contributed by atoms with Crippen LogP contribution in [0, 0.1) is 13.8 Å². The maximum atomic E-state index is 5.03. The van der Waals surface area contributed by atoms with Gasteiger partial charge < -0.3 is 15.5 Å². The van der Waals surface area contributed by atoms with Crippen molar-refractivity contribution in [2.75, 3.05) is 30.8 Å². The molecule has 2 aromatic carbocycles. The summed E-state index contributed by atoms with van der Waals surface area (Å²) in [6.45, 7) is 7.22. The second-order valence-electron chi connectivity index (χ2n) is 7.77. The largest absolute Gasteiger partial charge is 0.371 e. The predicted octanol–water partition coefficient (Wildman–Crippen LogP) is 4.20. The number of hydrogen-bond donors (Lipinski definition) is 2. The lowest BCUT2D eigenvalue weighted by Crippen LogP contribution is -2.58. The zero-order valence-electron chi connectivity index (χ0n) is 16.0. The summed E-state index contributed by atoms with van der Waals surface area (Å²) in [5.41, 5.74) is 6.14. The van der Waals surface area contributed by atoms with E-state index < -0.39 is 0 Å². The molecule has 4 heteroatoms. The lowest BCUT2D eigenvalue weighted by Gasteiger charge is -2.46. The van der Waals surface area contributed by atoms with Crippen molar-refractivity contribution in [2.45, 2.75) is 38.8 Å². The molecule has 1 spiro atoms. The highest BCUT2D eigenvalue weighted by Crippen LogP contribution is 2.38. The molecule has 2 heterocycles. The van der Waals surface area contributed by atoms with Gasteiger partial charge in [0.25, 0.3) is 0 Å². The van der Waals surface area contributed by atoms with E-state index in [1.807, 2.05) is 0 Å². The minimum Gasteiger partial charge on any atom is -0.371 e. The number of amidine groups is 1. The lowest BCUT2D eigenvalue weighted by molar-refractivity contribution is 0.240. The number of rotatable bonds is 2. The number of hydrogen-bond acceptors (Lipinski definition) is 3. The van der Waals surface area contributed by atoms with E-state index in [0.29, 0.717) is 6.54 Å². The fourth-order valence-corrected chi connectivity index (χ4v) is 3.89. The molecule has 0 saturated carbocycles. The highest BCUT2D eigenvalue weighted by atomic mass is 15.2. The predicted molar refractivity (Wildman–Crippen MR) is 110 cm³/mol. The molecule has 0 atom stereocenters. The molecule has 2 aliphatic heterocycles. The van der Waals surface area contributed by atoms with Crippen molar-refractivity contribution in [1.82, 2.24) is 4.90 Å². The average Bonchev–Trinajstić information content (AvgIpc) is 2.65. The third-order valence-electron chi connectivity index (χ3n) is 5.82. The Hall–Kier alpha value is -2.33. The molecule has 2 N–H and O–H groups in total. The number of benzene rings is 2. The van der Waals surface area contributed by atoms with Crippen molar-refractivity contribution < 1.29 is 0 Å². The van der Waals surface area contributed by atoms with Gasteiger partial charge in [-0.1, -0.05) is 30.3 Å². The highest BCUT2D eigenvalue weighted by Gasteiger charge is 2.42. The van der Waals surface area contributed by atoms with E-state index in [2.05, 4.69) is 78.9 Å². The first-order valence-corrected chi connectivity index (χ1v) is 9.50. The minimum atomic E-state index is -0.0873. The molecule has 4 rings (SSSR count). The van der Waals surface area contributed by atoms with Crippen LogP contribution in [0.1, 0.15) is 29.5 Å². The first-order chi connectivity index (χ1) is 12.6. The molecule has 0 radical (unpaired) electrons. The summed E-state index contributed by atoms with van der Waals surface area (Å²) in [6.07, 6.45) is 2.13.